The predicted molar refractivity (Wildman–Crippen MR) is 121 cm³/mol. The number of pyridine rings is 2. The van der Waals surface area contributed by atoms with Gasteiger partial charge in [0.15, 0.2) is 0 Å². The molecule has 0 radical (unpaired) electrons. The van der Waals surface area contributed by atoms with Crippen LogP contribution in [0.2, 0.25) is 5.02 Å². The van der Waals surface area contributed by atoms with Crippen LogP contribution in [-0.2, 0) is 6.61 Å². The fraction of sp³-hybridized carbons (Fsp3) is 0.333. The molecule has 1 fully saturated rings. The lowest BCUT2D eigenvalue weighted by Crippen LogP contribution is -2.21. The SMILES string of the molecule is O=c1cc(OCc2ccc(Cl)cn2)ccn1-c1ccc(OCCCN2CCCC2)cc1. The molecule has 0 aliphatic carbocycles. The number of hydrogen-bond acceptors (Lipinski definition) is 5. The van der Waals surface area contributed by atoms with Gasteiger partial charge < -0.3 is 14.4 Å². The van der Waals surface area contributed by atoms with E-state index in [4.69, 9.17) is 21.1 Å². The molecule has 0 amide bonds. The molecule has 1 aromatic carbocycles. The van der Waals surface area contributed by atoms with Gasteiger partial charge in [-0.1, -0.05) is 11.6 Å². The summed E-state index contributed by atoms with van der Waals surface area (Å²) in [6.45, 7) is 4.49. The highest BCUT2D eigenvalue weighted by atomic mass is 35.5. The first-order chi connectivity index (χ1) is 15.2. The third kappa shape index (κ3) is 6.09. The minimum Gasteiger partial charge on any atom is -0.494 e. The van der Waals surface area contributed by atoms with E-state index in [1.807, 2.05) is 24.3 Å². The van der Waals surface area contributed by atoms with E-state index < -0.39 is 0 Å². The predicted octanol–water partition coefficient (Wildman–Crippen LogP) is 4.33. The minimum absolute atomic E-state index is 0.166. The molecule has 0 unspecified atom stereocenters. The topological polar surface area (TPSA) is 56.6 Å². The van der Waals surface area contributed by atoms with Crippen LogP contribution < -0.4 is 15.0 Å². The van der Waals surface area contributed by atoms with E-state index in [0.717, 1.165) is 30.1 Å². The van der Waals surface area contributed by atoms with Crippen LogP contribution >= 0.6 is 11.6 Å². The van der Waals surface area contributed by atoms with Crippen molar-refractivity contribution in [1.82, 2.24) is 14.5 Å². The van der Waals surface area contributed by atoms with Crippen molar-refractivity contribution in [3.63, 3.8) is 0 Å². The summed E-state index contributed by atoms with van der Waals surface area (Å²) < 4.78 is 13.1. The van der Waals surface area contributed by atoms with Crippen molar-refractivity contribution in [3.8, 4) is 17.2 Å². The number of aromatic nitrogens is 2. The third-order valence-electron chi connectivity index (χ3n) is 5.27. The molecule has 0 spiro atoms. The molecule has 1 aliphatic heterocycles. The Kier molecular flexibility index (Phi) is 7.22. The van der Waals surface area contributed by atoms with Crippen molar-refractivity contribution in [2.24, 2.45) is 0 Å². The Morgan fingerprint density at radius 2 is 1.77 bits per heavy atom. The molecule has 0 saturated carbocycles. The number of ether oxygens (including phenoxy) is 2. The van der Waals surface area contributed by atoms with Crippen molar-refractivity contribution in [2.75, 3.05) is 26.2 Å². The van der Waals surface area contributed by atoms with Crippen molar-refractivity contribution < 1.29 is 9.47 Å². The highest BCUT2D eigenvalue weighted by Gasteiger charge is 2.10. The molecule has 0 N–H and O–H groups in total. The molecular formula is C24H26ClN3O3. The Hall–Kier alpha value is -2.83. The van der Waals surface area contributed by atoms with Crippen LogP contribution in [-0.4, -0.2) is 40.7 Å². The summed E-state index contributed by atoms with van der Waals surface area (Å²) in [6, 6.07) is 14.3. The van der Waals surface area contributed by atoms with Crippen LogP contribution in [0.25, 0.3) is 5.69 Å². The van der Waals surface area contributed by atoms with Crippen LogP contribution in [0.1, 0.15) is 25.0 Å². The van der Waals surface area contributed by atoms with Crippen LogP contribution in [0.3, 0.4) is 0 Å². The van der Waals surface area contributed by atoms with Gasteiger partial charge in [-0.05, 0) is 74.8 Å². The Morgan fingerprint density at radius 1 is 0.968 bits per heavy atom. The largest absolute Gasteiger partial charge is 0.494 e. The van der Waals surface area contributed by atoms with Crippen LogP contribution in [0, 0.1) is 0 Å². The van der Waals surface area contributed by atoms with Crippen molar-refractivity contribution >= 4 is 11.6 Å². The maximum Gasteiger partial charge on any atom is 0.258 e. The smallest absolute Gasteiger partial charge is 0.258 e. The standard InChI is InChI=1S/C24H26ClN3O3/c25-19-4-5-20(26-17-19)18-31-23-10-14-28(24(29)16-23)21-6-8-22(9-7-21)30-15-3-13-27-11-1-2-12-27/h4-10,14,16-17H,1-3,11-13,15,18H2. The van der Waals surface area contributed by atoms with Crippen LogP contribution in [0.4, 0.5) is 0 Å². The van der Waals surface area contributed by atoms with Gasteiger partial charge in [0.25, 0.3) is 5.56 Å². The molecule has 31 heavy (non-hydrogen) atoms. The average molecular weight is 440 g/mol. The number of halogens is 1. The zero-order chi connectivity index (χ0) is 21.5. The fourth-order valence-electron chi connectivity index (χ4n) is 3.60. The molecule has 1 saturated heterocycles. The minimum atomic E-state index is -0.166. The van der Waals surface area contributed by atoms with Gasteiger partial charge in [-0.25, -0.2) is 0 Å². The highest BCUT2D eigenvalue weighted by molar-refractivity contribution is 6.30. The zero-order valence-corrected chi connectivity index (χ0v) is 18.1. The normalized spacial score (nSPS) is 14.0. The second-order valence-corrected chi connectivity index (χ2v) is 8.01. The summed E-state index contributed by atoms with van der Waals surface area (Å²) in [5.74, 6) is 1.31. The Bertz CT molecular complexity index is 1030. The number of hydrogen-bond donors (Lipinski definition) is 0. The molecule has 6 nitrogen and oxygen atoms in total. The summed E-state index contributed by atoms with van der Waals surface area (Å²) in [4.78, 5) is 19.2. The van der Waals surface area contributed by atoms with E-state index in [2.05, 4.69) is 9.88 Å². The maximum atomic E-state index is 12.5. The Morgan fingerprint density at radius 3 is 2.48 bits per heavy atom. The van der Waals surface area contributed by atoms with Gasteiger partial charge in [0.05, 0.1) is 17.3 Å². The first-order valence-electron chi connectivity index (χ1n) is 10.6. The number of benzene rings is 1. The van der Waals surface area contributed by atoms with Crippen LogP contribution in [0.15, 0.2) is 65.7 Å². The lowest BCUT2D eigenvalue weighted by atomic mass is 10.3. The summed E-state index contributed by atoms with van der Waals surface area (Å²) in [6.07, 6.45) is 6.93. The van der Waals surface area contributed by atoms with Gasteiger partial charge in [-0.15, -0.1) is 0 Å². The average Bonchev–Trinajstić information content (AvgIpc) is 3.31. The number of likely N-dealkylation sites (tertiary alicyclic amines) is 1. The molecule has 3 aromatic rings. The quantitative estimate of drug-likeness (QED) is 0.464. The fourth-order valence-corrected chi connectivity index (χ4v) is 3.71. The second kappa shape index (κ2) is 10.5. The van der Waals surface area contributed by atoms with Gasteiger partial charge in [0.1, 0.15) is 18.1 Å². The van der Waals surface area contributed by atoms with Crippen molar-refractivity contribution in [2.45, 2.75) is 25.9 Å². The molecule has 0 atom stereocenters. The first kappa shape index (κ1) is 21.4. The summed E-state index contributed by atoms with van der Waals surface area (Å²) in [5, 5.41) is 0.574. The lowest BCUT2D eigenvalue weighted by molar-refractivity contribution is 0.263. The number of nitrogens with zero attached hydrogens (tertiary/aromatic N) is 3. The van der Waals surface area contributed by atoms with Gasteiger partial charge in [0, 0.05) is 30.7 Å². The monoisotopic (exact) mass is 439 g/mol. The summed E-state index contributed by atoms with van der Waals surface area (Å²) in [5.41, 5.74) is 1.35. The Balaban J connectivity index is 1.30. The van der Waals surface area contributed by atoms with E-state index in [9.17, 15) is 4.79 Å². The van der Waals surface area contributed by atoms with Gasteiger partial charge in [-0.2, -0.15) is 0 Å². The molecule has 7 heteroatoms. The molecule has 2 aromatic heterocycles. The molecule has 4 rings (SSSR count). The zero-order valence-electron chi connectivity index (χ0n) is 17.4. The van der Waals surface area contributed by atoms with Crippen molar-refractivity contribution in [1.29, 1.82) is 0 Å². The van der Waals surface area contributed by atoms with Gasteiger partial charge >= 0.3 is 0 Å². The van der Waals surface area contributed by atoms with E-state index in [0.29, 0.717) is 17.4 Å². The Labute approximate surface area is 187 Å². The van der Waals surface area contributed by atoms with E-state index in [1.54, 1.807) is 35.2 Å². The first-order valence-corrected chi connectivity index (χ1v) is 11.0. The molecule has 0 bridgehead atoms. The molecule has 1 aliphatic rings. The van der Waals surface area contributed by atoms with E-state index >= 15 is 0 Å². The summed E-state index contributed by atoms with van der Waals surface area (Å²) >= 11 is 5.83. The lowest BCUT2D eigenvalue weighted by Gasteiger charge is -2.14. The molecule has 3 heterocycles. The summed E-state index contributed by atoms with van der Waals surface area (Å²) in [7, 11) is 0. The second-order valence-electron chi connectivity index (χ2n) is 7.57. The maximum absolute atomic E-state index is 12.5. The number of rotatable bonds is 9. The van der Waals surface area contributed by atoms with E-state index in [1.165, 1.54) is 32.0 Å². The van der Waals surface area contributed by atoms with Gasteiger partial charge in [-0.3, -0.25) is 14.3 Å². The molecular weight excluding hydrogens is 414 g/mol. The van der Waals surface area contributed by atoms with Crippen molar-refractivity contribution in [3.05, 3.63) is 82.0 Å². The van der Waals surface area contributed by atoms with E-state index in [-0.39, 0.29) is 12.2 Å². The molecule has 162 valence electrons. The van der Waals surface area contributed by atoms with Crippen LogP contribution in [0.5, 0.6) is 11.5 Å². The third-order valence-corrected chi connectivity index (χ3v) is 5.49. The highest BCUT2D eigenvalue weighted by Crippen LogP contribution is 2.17. The van der Waals surface area contributed by atoms with Gasteiger partial charge in [0.2, 0.25) is 0 Å².